The first-order valence-corrected chi connectivity index (χ1v) is 11.0. The molecule has 1 fully saturated rings. The predicted octanol–water partition coefficient (Wildman–Crippen LogP) is 3.47. The van der Waals surface area contributed by atoms with Crippen LogP contribution in [0.5, 0.6) is 5.75 Å². The van der Waals surface area contributed by atoms with Gasteiger partial charge in [0, 0.05) is 29.9 Å². The van der Waals surface area contributed by atoms with Crippen molar-refractivity contribution in [2.24, 2.45) is 0 Å². The molecule has 3 heterocycles. The molecule has 7 heteroatoms. The summed E-state index contributed by atoms with van der Waals surface area (Å²) in [5, 5.41) is 4.80. The first kappa shape index (κ1) is 21.6. The zero-order chi connectivity index (χ0) is 21.8. The van der Waals surface area contributed by atoms with E-state index in [0.29, 0.717) is 12.3 Å². The van der Waals surface area contributed by atoms with Crippen molar-refractivity contribution in [3.8, 4) is 17.0 Å². The van der Waals surface area contributed by atoms with Gasteiger partial charge in [-0.05, 0) is 59.1 Å². The van der Waals surface area contributed by atoms with Crippen LogP contribution < -0.4 is 4.74 Å². The van der Waals surface area contributed by atoms with Gasteiger partial charge in [0.1, 0.15) is 11.5 Å². The number of benzene rings is 1. The molecule has 0 aliphatic carbocycles. The van der Waals surface area contributed by atoms with Crippen molar-refractivity contribution >= 4 is 0 Å². The van der Waals surface area contributed by atoms with Crippen LogP contribution in [0, 0.1) is 6.92 Å². The summed E-state index contributed by atoms with van der Waals surface area (Å²) in [7, 11) is 6.06. The fourth-order valence-corrected chi connectivity index (χ4v) is 4.24. The molecule has 166 valence electrons. The molecule has 0 unspecified atom stereocenters. The molecule has 0 N–H and O–H groups in total. The lowest BCUT2D eigenvalue weighted by Crippen LogP contribution is -2.42. The second kappa shape index (κ2) is 9.66. The summed E-state index contributed by atoms with van der Waals surface area (Å²) >= 11 is 0. The standard InChI is InChI=1S/C24H33N5O2/c1-18-17-25-24(31-18)16-20-6-5-19(15-23(20)30-4)22-9-12-29(26-22)14-13-28-10-7-21(8-11-28)27(2)3/h5-6,9,12,15,17,21H,7-8,10-11,13-14,16H2,1-4H3. The molecule has 2 aromatic heterocycles. The molecular weight excluding hydrogens is 390 g/mol. The van der Waals surface area contributed by atoms with Crippen molar-refractivity contribution in [3.05, 3.63) is 53.9 Å². The fraction of sp³-hybridized carbons (Fsp3) is 0.500. The Morgan fingerprint density at radius 1 is 1.16 bits per heavy atom. The Labute approximate surface area is 184 Å². The molecule has 0 atom stereocenters. The monoisotopic (exact) mass is 423 g/mol. The highest BCUT2D eigenvalue weighted by Crippen LogP contribution is 2.28. The average Bonchev–Trinajstić information content (AvgIpc) is 3.42. The highest BCUT2D eigenvalue weighted by molar-refractivity contribution is 5.62. The molecule has 1 aliphatic rings. The van der Waals surface area contributed by atoms with E-state index in [0.717, 1.165) is 47.5 Å². The normalized spacial score (nSPS) is 15.6. The van der Waals surface area contributed by atoms with E-state index in [4.69, 9.17) is 14.3 Å². The third kappa shape index (κ3) is 5.35. The maximum absolute atomic E-state index is 5.63. The van der Waals surface area contributed by atoms with Crippen LogP contribution in [-0.2, 0) is 13.0 Å². The van der Waals surface area contributed by atoms with E-state index in [2.05, 4.69) is 53.3 Å². The number of likely N-dealkylation sites (tertiary alicyclic amines) is 1. The fourth-order valence-electron chi connectivity index (χ4n) is 4.24. The van der Waals surface area contributed by atoms with Gasteiger partial charge in [-0.15, -0.1) is 0 Å². The molecule has 1 aromatic carbocycles. The zero-order valence-corrected chi connectivity index (χ0v) is 19.0. The third-order valence-corrected chi connectivity index (χ3v) is 6.17. The Balaban J connectivity index is 1.37. The molecule has 1 saturated heterocycles. The summed E-state index contributed by atoms with van der Waals surface area (Å²) in [5.74, 6) is 2.34. The van der Waals surface area contributed by atoms with Gasteiger partial charge in [-0.1, -0.05) is 12.1 Å². The summed E-state index contributed by atoms with van der Waals surface area (Å²) in [6.07, 6.45) is 6.91. The number of hydrogen-bond donors (Lipinski definition) is 0. The SMILES string of the molecule is COc1cc(-c2ccn(CCN3CCC(N(C)C)CC3)n2)ccc1Cc1ncc(C)o1. The molecule has 7 nitrogen and oxygen atoms in total. The minimum atomic E-state index is 0.607. The highest BCUT2D eigenvalue weighted by Gasteiger charge is 2.20. The molecule has 0 amide bonds. The van der Waals surface area contributed by atoms with Gasteiger partial charge in [-0.2, -0.15) is 5.10 Å². The van der Waals surface area contributed by atoms with Gasteiger partial charge in [0.05, 0.1) is 32.0 Å². The van der Waals surface area contributed by atoms with Gasteiger partial charge in [0.2, 0.25) is 0 Å². The number of ether oxygens (including phenoxy) is 1. The van der Waals surface area contributed by atoms with Gasteiger partial charge in [0.15, 0.2) is 5.89 Å². The first-order valence-electron chi connectivity index (χ1n) is 11.0. The van der Waals surface area contributed by atoms with Crippen molar-refractivity contribution < 1.29 is 9.15 Å². The minimum absolute atomic E-state index is 0.607. The van der Waals surface area contributed by atoms with Gasteiger partial charge in [0.25, 0.3) is 0 Å². The lowest BCUT2D eigenvalue weighted by Gasteiger charge is -2.35. The third-order valence-electron chi connectivity index (χ3n) is 6.17. The highest BCUT2D eigenvalue weighted by atomic mass is 16.5. The van der Waals surface area contributed by atoms with Crippen LogP contribution in [0.4, 0.5) is 0 Å². The number of oxazole rings is 1. The summed E-state index contributed by atoms with van der Waals surface area (Å²) < 4.78 is 13.3. The molecule has 0 radical (unpaired) electrons. The van der Waals surface area contributed by atoms with Gasteiger partial charge < -0.3 is 19.0 Å². The Morgan fingerprint density at radius 3 is 2.65 bits per heavy atom. The molecule has 3 aromatic rings. The molecule has 4 rings (SSSR count). The number of rotatable bonds is 8. The van der Waals surface area contributed by atoms with E-state index in [9.17, 15) is 0 Å². The number of methoxy groups -OCH3 is 1. The van der Waals surface area contributed by atoms with E-state index in [1.165, 1.54) is 25.9 Å². The first-order chi connectivity index (χ1) is 15.0. The summed E-state index contributed by atoms with van der Waals surface area (Å²) in [4.78, 5) is 9.19. The van der Waals surface area contributed by atoms with E-state index < -0.39 is 0 Å². The largest absolute Gasteiger partial charge is 0.496 e. The Kier molecular flexibility index (Phi) is 6.73. The van der Waals surface area contributed by atoms with Crippen LogP contribution in [0.25, 0.3) is 11.3 Å². The number of aryl methyl sites for hydroxylation is 1. The number of hydrogen-bond acceptors (Lipinski definition) is 6. The average molecular weight is 424 g/mol. The maximum atomic E-state index is 5.63. The van der Waals surface area contributed by atoms with Crippen LogP contribution in [0.2, 0.25) is 0 Å². The van der Waals surface area contributed by atoms with Crippen molar-refractivity contribution in [1.29, 1.82) is 0 Å². The Bertz CT molecular complexity index is 986. The van der Waals surface area contributed by atoms with Crippen molar-refractivity contribution in [3.63, 3.8) is 0 Å². The molecule has 31 heavy (non-hydrogen) atoms. The molecule has 0 bridgehead atoms. The van der Waals surface area contributed by atoms with Crippen LogP contribution in [0.1, 0.15) is 30.1 Å². The lowest BCUT2D eigenvalue weighted by atomic mass is 10.0. The van der Waals surface area contributed by atoms with Crippen molar-refractivity contribution in [2.45, 2.75) is 38.8 Å². The van der Waals surface area contributed by atoms with Crippen LogP contribution in [-0.4, -0.2) is 71.4 Å². The predicted molar refractivity (Wildman–Crippen MR) is 121 cm³/mol. The quantitative estimate of drug-likeness (QED) is 0.553. The summed E-state index contributed by atoms with van der Waals surface area (Å²) in [5.41, 5.74) is 3.06. The maximum Gasteiger partial charge on any atom is 0.198 e. The number of aromatic nitrogens is 3. The van der Waals surface area contributed by atoms with Crippen LogP contribution in [0.15, 0.2) is 41.1 Å². The van der Waals surface area contributed by atoms with E-state index in [1.807, 2.05) is 17.7 Å². The number of nitrogens with zero attached hydrogens (tertiary/aromatic N) is 5. The second-order valence-electron chi connectivity index (χ2n) is 8.57. The van der Waals surface area contributed by atoms with E-state index in [1.54, 1.807) is 13.3 Å². The Hall–Kier alpha value is -2.64. The molecule has 0 saturated carbocycles. The topological polar surface area (TPSA) is 59.6 Å². The van der Waals surface area contributed by atoms with Crippen LogP contribution >= 0.6 is 0 Å². The van der Waals surface area contributed by atoms with Crippen molar-refractivity contribution in [2.75, 3.05) is 40.8 Å². The van der Waals surface area contributed by atoms with Gasteiger partial charge in [-0.25, -0.2) is 4.98 Å². The van der Waals surface area contributed by atoms with E-state index in [-0.39, 0.29) is 0 Å². The van der Waals surface area contributed by atoms with E-state index >= 15 is 0 Å². The van der Waals surface area contributed by atoms with Crippen LogP contribution in [0.3, 0.4) is 0 Å². The minimum Gasteiger partial charge on any atom is -0.496 e. The molecule has 0 spiro atoms. The molecule has 1 aliphatic heterocycles. The lowest BCUT2D eigenvalue weighted by molar-refractivity contribution is 0.140. The summed E-state index contributed by atoms with van der Waals surface area (Å²) in [6, 6.07) is 9.00. The van der Waals surface area contributed by atoms with Crippen molar-refractivity contribution in [1.82, 2.24) is 24.6 Å². The smallest absolute Gasteiger partial charge is 0.198 e. The van der Waals surface area contributed by atoms with Gasteiger partial charge in [-0.3, -0.25) is 4.68 Å². The number of piperidine rings is 1. The Morgan fingerprint density at radius 2 is 1.97 bits per heavy atom. The molecular formula is C24H33N5O2. The second-order valence-corrected chi connectivity index (χ2v) is 8.57. The zero-order valence-electron chi connectivity index (χ0n) is 19.0. The van der Waals surface area contributed by atoms with Gasteiger partial charge >= 0.3 is 0 Å². The summed E-state index contributed by atoms with van der Waals surface area (Å²) in [6.45, 7) is 6.18.